The van der Waals surface area contributed by atoms with Gasteiger partial charge in [0.15, 0.2) is 0 Å². The molecule has 0 saturated heterocycles. The van der Waals surface area contributed by atoms with Gasteiger partial charge in [0.05, 0.1) is 6.10 Å². The molecule has 0 heterocycles. The summed E-state index contributed by atoms with van der Waals surface area (Å²) in [6.45, 7) is 11.0. The van der Waals surface area contributed by atoms with E-state index in [1.54, 1.807) is 0 Å². The summed E-state index contributed by atoms with van der Waals surface area (Å²) >= 11 is 0. The minimum Gasteiger partial charge on any atom is -0.377 e. The summed E-state index contributed by atoms with van der Waals surface area (Å²) < 4.78 is 6.01. The Kier molecular flexibility index (Phi) is 7.92. The molecule has 0 aromatic carbocycles. The molecular formula is C16H33NO. The van der Waals surface area contributed by atoms with Crippen LogP contribution in [0.5, 0.6) is 0 Å². The number of ether oxygens (including phenoxy) is 1. The standard InChI is InChI=1S/C16H33NO/c1-5-16(6-2)17-11-14(4)18-12-15-9-7-8-13(3)10-15/h13-17H,5-12H2,1-4H3. The molecule has 0 bridgehead atoms. The third-order valence-corrected chi connectivity index (χ3v) is 4.34. The maximum Gasteiger partial charge on any atom is 0.0671 e. The molecule has 2 nitrogen and oxygen atoms in total. The third kappa shape index (κ3) is 6.19. The highest BCUT2D eigenvalue weighted by Crippen LogP contribution is 2.28. The van der Waals surface area contributed by atoms with E-state index in [1.807, 2.05) is 0 Å². The Labute approximate surface area is 114 Å². The van der Waals surface area contributed by atoms with Crippen molar-refractivity contribution < 1.29 is 4.74 Å². The van der Waals surface area contributed by atoms with E-state index in [4.69, 9.17) is 4.74 Å². The first-order valence-corrected chi connectivity index (χ1v) is 8.00. The van der Waals surface area contributed by atoms with Crippen molar-refractivity contribution in [2.45, 2.75) is 78.4 Å². The van der Waals surface area contributed by atoms with E-state index in [1.165, 1.54) is 38.5 Å². The van der Waals surface area contributed by atoms with E-state index in [0.29, 0.717) is 12.1 Å². The van der Waals surface area contributed by atoms with Crippen molar-refractivity contribution in [2.75, 3.05) is 13.2 Å². The number of rotatable bonds is 8. The second kappa shape index (κ2) is 8.92. The molecule has 18 heavy (non-hydrogen) atoms. The van der Waals surface area contributed by atoms with E-state index >= 15 is 0 Å². The van der Waals surface area contributed by atoms with Gasteiger partial charge in [0.1, 0.15) is 0 Å². The Morgan fingerprint density at radius 2 is 1.94 bits per heavy atom. The first-order valence-electron chi connectivity index (χ1n) is 8.00. The topological polar surface area (TPSA) is 21.3 Å². The van der Waals surface area contributed by atoms with Gasteiger partial charge < -0.3 is 10.1 Å². The molecule has 1 N–H and O–H groups in total. The van der Waals surface area contributed by atoms with Crippen molar-refractivity contribution in [3.05, 3.63) is 0 Å². The van der Waals surface area contributed by atoms with Crippen LogP contribution >= 0.6 is 0 Å². The average Bonchev–Trinajstić information content (AvgIpc) is 2.37. The lowest BCUT2D eigenvalue weighted by Crippen LogP contribution is -2.35. The average molecular weight is 255 g/mol. The third-order valence-electron chi connectivity index (χ3n) is 4.34. The molecule has 1 rings (SSSR count). The van der Waals surface area contributed by atoms with Crippen LogP contribution in [-0.4, -0.2) is 25.3 Å². The highest BCUT2D eigenvalue weighted by Gasteiger charge is 2.19. The summed E-state index contributed by atoms with van der Waals surface area (Å²) in [6, 6.07) is 0.658. The van der Waals surface area contributed by atoms with Gasteiger partial charge in [-0.2, -0.15) is 0 Å². The van der Waals surface area contributed by atoms with Crippen LogP contribution in [0.4, 0.5) is 0 Å². The molecule has 1 fully saturated rings. The highest BCUT2D eigenvalue weighted by molar-refractivity contribution is 4.71. The fraction of sp³-hybridized carbons (Fsp3) is 1.00. The van der Waals surface area contributed by atoms with E-state index < -0.39 is 0 Å². The molecule has 1 aliphatic carbocycles. The monoisotopic (exact) mass is 255 g/mol. The smallest absolute Gasteiger partial charge is 0.0671 e. The van der Waals surface area contributed by atoms with Crippen LogP contribution in [0.1, 0.15) is 66.2 Å². The zero-order chi connectivity index (χ0) is 13.4. The van der Waals surface area contributed by atoms with Gasteiger partial charge in [0.2, 0.25) is 0 Å². The summed E-state index contributed by atoms with van der Waals surface area (Å²) in [7, 11) is 0. The van der Waals surface area contributed by atoms with Gasteiger partial charge in [-0.1, -0.05) is 33.6 Å². The number of hydrogen-bond acceptors (Lipinski definition) is 2. The molecular weight excluding hydrogens is 222 g/mol. The number of hydrogen-bond donors (Lipinski definition) is 1. The Balaban J connectivity index is 2.10. The molecule has 1 saturated carbocycles. The summed E-state index contributed by atoms with van der Waals surface area (Å²) in [5.41, 5.74) is 0. The molecule has 3 atom stereocenters. The maximum atomic E-state index is 6.01. The van der Waals surface area contributed by atoms with Crippen molar-refractivity contribution in [1.82, 2.24) is 5.32 Å². The van der Waals surface area contributed by atoms with E-state index in [2.05, 4.69) is 33.0 Å². The maximum absolute atomic E-state index is 6.01. The van der Waals surface area contributed by atoms with Gasteiger partial charge in [-0.05, 0) is 44.4 Å². The van der Waals surface area contributed by atoms with Crippen LogP contribution in [-0.2, 0) is 4.74 Å². The van der Waals surface area contributed by atoms with Crippen molar-refractivity contribution in [3.63, 3.8) is 0 Å². The second-order valence-electron chi connectivity index (χ2n) is 6.20. The molecule has 3 unspecified atom stereocenters. The Morgan fingerprint density at radius 3 is 2.56 bits per heavy atom. The van der Waals surface area contributed by atoms with Crippen LogP contribution in [0, 0.1) is 11.8 Å². The Morgan fingerprint density at radius 1 is 1.22 bits per heavy atom. The minimum atomic E-state index is 0.350. The summed E-state index contributed by atoms with van der Waals surface area (Å²) in [5.74, 6) is 1.72. The van der Waals surface area contributed by atoms with Crippen LogP contribution in [0.25, 0.3) is 0 Å². The first kappa shape index (κ1) is 16.0. The van der Waals surface area contributed by atoms with Crippen LogP contribution in [0.15, 0.2) is 0 Å². The fourth-order valence-corrected chi connectivity index (χ4v) is 2.98. The Bertz CT molecular complexity index is 203. The van der Waals surface area contributed by atoms with Crippen LogP contribution in [0.3, 0.4) is 0 Å². The molecule has 0 radical (unpaired) electrons. The predicted octanol–water partition coefficient (Wildman–Crippen LogP) is 4.00. The second-order valence-corrected chi connectivity index (χ2v) is 6.20. The minimum absolute atomic E-state index is 0.350. The zero-order valence-electron chi connectivity index (χ0n) is 12.9. The van der Waals surface area contributed by atoms with Crippen molar-refractivity contribution >= 4 is 0 Å². The first-order chi connectivity index (χ1) is 8.65. The van der Waals surface area contributed by atoms with Crippen molar-refractivity contribution in [1.29, 1.82) is 0 Å². The molecule has 0 amide bonds. The van der Waals surface area contributed by atoms with Crippen LogP contribution < -0.4 is 5.32 Å². The SMILES string of the molecule is CCC(CC)NCC(C)OCC1CCCC(C)C1. The normalized spacial score (nSPS) is 26.5. The van der Waals surface area contributed by atoms with Gasteiger partial charge in [-0.3, -0.25) is 0 Å². The summed E-state index contributed by atoms with van der Waals surface area (Å²) in [6.07, 6.45) is 8.33. The summed E-state index contributed by atoms with van der Waals surface area (Å²) in [4.78, 5) is 0. The van der Waals surface area contributed by atoms with Gasteiger partial charge >= 0.3 is 0 Å². The molecule has 0 spiro atoms. The van der Waals surface area contributed by atoms with Gasteiger partial charge in [-0.15, -0.1) is 0 Å². The van der Waals surface area contributed by atoms with E-state index in [9.17, 15) is 0 Å². The fourth-order valence-electron chi connectivity index (χ4n) is 2.98. The van der Waals surface area contributed by atoms with Gasteiger partial charge in [0, 0.05) is 19.2 Å². The zero-order valence-corrected chi connectivity index (χ0v) is 12.9. The Hall–Kier alpha value is -0.0800. The number of nitrogens with one attached hydrogen (secondary N) is 1. The molecule has 0 aromatic heterocycles. The lowest BCUT2D eigenvalue weighted by Gasteiger charge is -2.28. The molecule has 0 aliphatic heterocycles. The molecule has 0 aromatic rings. The van der Waals surface area contributed by atoms with E-state index in [-0.39, 0.29) is 0 Å². The molecule has 1 aliphatic rings. The molecule has 108 valence electrons. The lowest BCUT2D eigenvalue weighted by atomic mass is 9.83. The lowest BCUT2D eigenvalue weighted by molar-refractivity contribution is 0.0247. The van der Waals surface area contributed by atoms with Gasteiger partial charge in [0.25, 0.3) is 0 Å². The summed E-state index contributed by atoms with van der Waals surface area (Å²) in [5, 5.41) is 3.59. The molecule has 2 heteroatoms. The van der Waals surface area contributed by atoms with Gasteiger partial charge in [-0.25, -0.2) is 0 Å². The van der Waals surface area contributed by atoms with Crippen LogP contribution in [0.2, 0.25) is 0 Å². The highest BCUT2D eigenvalue weighted by atomic mass is 16.5. The van der Waals surface area contributed by atoms with Crippen molar-refractivity contribution in [2.24, 2.45) is 11.8 Å². The predicted molar refractivity (Wildman–Crippen MR) is 78.9 cm³/mol. The van der Waals surface area contributed by atoms with Crippen molar-refractivity contribution in [3.8, 4) is 0 Å². The van der Waals surface area contributed by atoms with E-state index in [0.717, 1.165) is 25.0 Å². The quantitative estimate of drug-likeness (QED) is 0.708. The largest absolute Gasteiger partial charge is 0.377 e.